The maximum absolute atomic E-state index is 13.9. The Morgan fingerprint density at radius 1 is 1.26 bits per heavy atom. The van der Waals surface area contributed by atoms with Gasteiger partial charge in [0, 0.05) is 29.4 Å². The Balaban J connectivity index is 2.96. The first-order valence-corrected chi connectivity index (χ1v) is 7.01. The molecule has 0 aliphatic heterocycles. The highest BCUT2D eigenvalue weighted by Crippen LogP contribution is 2.36. The van der Waals surface area contributed by atoms with Crippen LogP contribution in [0.1, 0.15) is 25.1 Å². The number of nitrogens with zero attached hydrogens (tertiary/aromatic N) is 1. The molecule has 2 rings (SSSR count). The zero-order valence-electron chi connectivity index (χ0n) is 11.1. The summed E-state index contributed by atoms with van der Waals surface area (Å²) in [4.78, 5) is 4.33. The number of pyridine rings is 1. The molecule has 0 spiro atoms. The van der Waals surface area contributed by atoms with Crippen molar-refractivity contribution in [2.24, 2.45) is 0 Å². The summed E-state index contributed by atoms with van der Waals surface area (Å²) in [5.74, 6) is -1.25. The van der Waals surface area contributed by atoms with E-state index in [-0.39, 0.29) is 9.99 Å². The van der Waals surface area contributed by atoms with E-state index < -0.39 is 11.6 Å². The number of fused-ring (bicyclic) bond motifs is 1. The van der Waals surface area contributed by atoms with E-state index in [4.69, 9.17) is 0 Å². The maximum atomic E-state index is 13.9. The third-order valence-corrected chi connectivity index (χ3v) is 3.91. The van der Waals surface area contributed by atoms with Gasteiger partial charge in [-0.1, -0.05) is 6.92 Å². The molecule has 0 saturated carbocycles. The highest BCUT2D eigenvalue weighted by Gasteiger charge is 2.18. The first-order valence-electron chi connectivity index (χ1n) is 6.21. The minimum atomic E-state index is -0.635. The second-order valence-electron chi connectivity index (χ2n) is 4.32. The molecule has 0 bridgehead atoms. The van der Waals surface area contributed by atoms with Gasteiger partial charge in [0.05, 0.1) is 4.47 Å². The molecule has 1 N–H and O–H groups in total. The summed E-state index contributed by atoms with van der Waals surface area (Å²) in [6.07, 6.45) is 0.703. The molecule has 0 unspecified atom stereocenters. The molecule has 102 valence electrons. The van der Waals surface area contributed by atoms with Crippen molar-refractivity contribution >= 4 is 32.5 Å². The number of hydrogen-bond acceptors (Lipinski definition) is 2. The summed E-state index contributed by atoms with van der Waals surface area (Å²) in [5.41, 5.74) is 2.70. The van der Waals surface area contributed by atoms with Crippen LogP contribution in [-0.4, -0.2) is 11.5 Å². The highest BCUT2D eigenvalue weighted by molar-refractivity contribution is 9.10. The number of nitrogens with one attached hydrogen (secondary N) is 1. The van der Waals surface area contributed by atoms with E-state index in [9.17, 15) is 8.78 Å². The predicted octanol–water partition coefficient (Wildman–Crippen LogP) is 4.58. The van der Waals surface area contributed by atoms with Crippen molar-refractivity contribution in [2.75, 3.05) is 11.9 Å². The molecule has 0 radical (unpaired) electrons. The van der Waals surface area contributed by atoms with Gasteiger partial charge in [-0.25, -0.2) is 13.8 Å². The smallest absolute Gasteiger partial charge is 0.152 e. The van der Waals surface area contributed by atoms with E-state index in [0.717, 1.165) is 23.0 Å². The van der Waals surface area contributed by atoms with Crippen molar-refractivity contribution in [3.63, 3.8) is 0 Å². The lowest BCUT2D eigenvalue weighted by Gasteiger charge is -2.16. The normalized spacial score (nSPS) is 11.1. The van der Waals surface area contributed by atoms with Gasteiger partial charge in [0.15, 0.2) is 5.82 Å². The summed E-state index contributed by atoms with van der Waals surface area (Å²) in [6, 6.07) is 0.865. The fourth-order valence-electron chi connectivity index (χ4n) is 2.22. The van der Waals surface area contributed by atoms with Gasteiger partial charge >= 0.3 is 0 Å². The third-order valence-electron chi connectivity index (χ3n) is 3.14. The zero-order chi connectivity index (χ0) is 14.2. The van der Waals surface area contributed by atoms with Crippen LogP contribution in [0.25, 0.3) is 10.9 Å². The molecule has 1 heterocycles. The van der Waals surface area contributed by atoms with Crippen LogP contribution < -0.4 is 5.32 Å². The Morgan fingerprint density at radius 3 is 2.53 bits per heavy atom. The van der Waals surface area contributed by atoms with Crippen molar-refractivity contribution in [1.82, 2.24) is 4.98 Å². The van der Waals surface area contributed by atoms with Gasteiger partial charge < -0.3 is 5.32 Å². The molecule has 0 saturated heterocycles. The Hall–Kier alpha value is -1.23. The lowest BCUT2D eigenvalue weighted by molar-refractivity contribution is 0.586. The summed E-state index contributed by atoms with van der Waals surface area (Å²) < 4.78 is 27.9. The SMILES string of the molecule is CCNc1c(C)c(CC)nc2c(F)cc(F)c(Br)c12. The maximum Gasteiger partial charge on any atom is 0.152 e. The number of hydrogen-bond donors (Lipinski definition) is 1. The third kappa shape index (κ3) is 2.31. The van der Waals surface area contributed by atoms with Crippen LogP contribution >= 0.6 is 15.9 Å². The fourth-order valence-corrected chi connectivity index (χ4v) is 2.72. The number of rotatable bonds is 3. The molecule has 1 aromatic heterocycles. The van der Waals surface area contributed by atoms with Crippen molar-refractivity contribution in [3.8, 4) is 0 Å². The lowest BCUT2D eigenvalue weighted by Crippen LogP contribution is -2.06. The summed E-state index contributed by atoms with van der Waals surface area (Å²) >= 11 is 3.19. The Bertz CT molecular complexity index is 641. The van der Waals surface area contributed by atoms with Crippen molar-refractivity contribution in [1.29, 1.82) is 0 Å². The van der Waals surface area contributed by atoms with Crippen LogP contribution in [0, 0.1) is 18.6 Å². The van der Waals surface area contributed by atoms with E-state index in [1.54, 1.807) is 0 Å². The van der Waals surface area contributed by atoms with Crippen molar-refractivity contribution in [3.05, 3.63) is 33.4 Å². The second-order valence-corrected chi connectivity index (χ2v) is 5.11. The topological polar surface area (TPSA) is 24.9 Å². The van der Waals surface area contributed by atoms with Crippen molar-refractivity contribution in [2.45, 2.75) is 27.2 Å². The van der Waals surface area contributed by atoms with Crippen LogP contribution in [0.5, 0.6) is 0 Å². The summed E-state index contributed by atoms with van der Waals surface area (Å²) in [5, 5.41) is 3.65. The fraction of sp³-hybridized carbons (Fsp3) is 0.357. The van der Waals surface area contributed by atoms with Gasteiger partial charge in [-0.2, -0.15) is 0 Å². The zero-order valence-corrected chi connectivity index (χ0v) is 12.7. The van der Waals surface area contributed by atoms with Gasteiger partial charge in [-0.05, 0) is 41.8 Å². The Labute approximate surface area is 119 Å². The first kappa shape index (κ1) is 14.2. The Morgan fingerprint density at radius 2 is 1.95 bits per heavy atom. The number of anilines is 1. The molecule has 0 fully saturated rings. The predicted molar refractivity (Wildman–Crippen MR) is 77.6 cm³/mol. The van der Waals surface area contributed by atoms with Gasteiger partial charge in [-0.15, -0.1) is 0 Å². The second kappa shape index (κ2) is 5.41. The van der Waals surface area contributed by atoms with Gasteiger partial charge in [-0.3, -0.25) is 0 Å². The Kier molecular flexibility index (Phi) is 4.04. The van der Waals surface area contributed by atoms with Gasteiger partial charge in [0.2, 0.25) is 0 Å². The average molecular weight is 329 g/mol. The molecule has 0 aliphatic rings. The van der Waals surface area contributed by atoms with Crippen LogP contribution in [0.4, 0.5) is 14.5 Å². The first-order chi connectivity index (χ1) is 9.01. The standard InChI is InChI=1S/C14H15BrF2N2/c1-4-10-7(3)13(18-5-2)11-12(15)8(16)6-9(17)14(11)19-10/h6H,4-5H2,1-3H3,(H,18,19). The molecule has 1 aromatic carbocycles. The van der Waals surface area contributed by atoms with E-state index >= 15 is 0 Å². The molecular formula is C14H15BrF2N2. The molecule has 0 atom stereocenters. The largest absolute Gasteiger partial charge is 0.384 e. The van der Waals surface area contributed by atoms with Crippen molar-refractivity contribution < 1.29 is 8.78 Å². The number of aromatic nitrogens is 1. The lowest BCUT2D eigenvalue weighted by atomic mass is 10.0. The van der Waals surface area contributed by atoms with Crippen LogP contribution in [-0.2, 0) is 6.42 Å². The van der Waals surface area contributed by atoms with E-state index in [2.05, 4.69) is 26.2 Å². The van der Waals surface area contributed by atoms with E-state index in [0.29, 0.717) is 18.4 Å². The summed E-state index contributed by atoms with van der Waals surface area (Å²) in [6.45, 7) is 6.50. The molecular weight excluding hydrogens is 314 g/mol. The van der Waals surface area contributed by atoms with Gasteiger partial charge in [0.1, 0.15) is 11.3 Å². The number of halogens is 3. The minimum Gasteiger partial charge on any atom is -0.384 e. The minimum absolute atomic E-state index is 0.201. The molecule has 2 aromatic rings. The quantitative estimate of drug-likeness (QED) is 0.834. The monoisotopic (exact) mass is 328 g/mol. The molecule has 5 heteroatoms. The molecule has 19 heavy (non-hydrogen) atoms. The summed E-state index contributed by atoms with van der Waals surface area (Å²) in [7, 11) is 0. The molecule has 0 amide bonds. The van der Waals surface area contributed by atoms with E-state index in [1.807, 2.05) is 20.8 Å². The highest BCUT2D eigenvalue weighted by atomic mass is 79.9. The van der Waals surface area contributed by atoms with Crippen LogP contribution in [0.15, 0.2) is 10.5 Å². The average Bonchev–Trinajstić information content (AvgIpc) is 2.38. The number of aryl methyl sites for hydroxylation is 1. The molecule has 2 nitrogen and oxygen atoms in total. The van der Waals surface area contributed by atoms with Crippen LogP contribution in [0.3, 0.4) is 0 Å². The number of benzene rings is 1. The molecule has 0 aliphatic carbocycles. The van der Waals surface area contributed by atoms with Crippen LogP contribution in [0.2, 0.25) is 0 Å². The van der Waals surface area contributed by atoms with Gasteiger partial charge in [0.25, 0.3) is 0 Å². The van der Waals surface area contributed by atoms with E-state index in [1.165, 1.54) is 0 Å².